The van der Waals surface area contributed by atoms with Gasteiger partial charge in [0.2, 0.25) is 5.91 Å². The molecule has 0 aliphatic rings. The van der Waals surface area contributed by atoms with Crippen LogP contribution in [0.25, 0.3) is 0 Å². The number of amides is 2. The van der Waals surface area contributed by atoms with Gasteiger partial charge in [0.15, 0.2) is 6.61 Å². The molecule has 0 aromatic heterocycles. The molecule has 0 radical (unpaired) electrons. The molecule has 0 aliphatic heterocycles. The molecule has 2 amide bonds. The van der Waals surface area contributed by atoms with Crippen molar-refractivity contribution in [1.29, 1.82) is 0 Å². The third kappa shape index (κ3) is 7.33. The van der Waals surface area contributed by atoms with Crippen molar-refractivity contribution in [2.24, 2.45) is 0 Å². The van der Waals surface area contributed by atoms with Crippen molar-refractivity contribution in [1.82, 2.24) is 5.32 Å². The van der Waals surface area contributed by atoms with E-state index >= 15 is 0 Å². The van der Waals surface area contributed by atoms with Crippen LogP contribution in [-0.2, 0) is 9.53 Å². The maximum absolute atomic E-state index is 12.2. The van der Waals surface area contributed by atoms with Crippen LogP contribution in [0.2, 0.25) is 0 Å². The highest BCUT2D eigenvalue weighted by Crippen LogP contribution is 2.32. The minimum Gasteiger partial charge on any atom is -0.440 e. The van der Waals surface area contributed by atoms with E-state index in [-0.39, 0.29) is 30.7 Å². The van der Waals surface area contributed by atoms with Crippen molar-refractivity contribution in [3.05, 3.63) is 29.3 Å². The monoisotopic (exact) mass is 374 g/mol. The van der Waals surface area contributed by atoms with Crippen molar-refractivity contribution < 1.29 is 27.5 Å². The van der Waals surface area contributed by atoms with E-state index in [9.17, 15) is 22.8 Å². The lowest BCUT2D eigenvalue weighted by Gasteiger charge is -2.20. The van der Waals surface area contributed by atoms with Crippen LogP contribution in [0.15, 0.2) is 18.2 Å². The van der Waals surface area contributed by atoms with Crippen molar-refractivity contribution in [3.63, 3.8) is 0 Å². The molecule has 5 nitrogen and oxygen atoms in total. The third-order valence-electron chi connectivity index (χ3n) is 3.63. The van der Waals surface area contributed by atoms with E-state index in [4.69, 9.17) is 0 Å². The lowest BCUT2D eigenvalue weighted by Crippen LogP contribution is -2.31. The molecule has 26 heavy (non-hydrogen) atoms. The van der Waals surface area contributed by atoms with E-state index in [1.807, 2.05) is 45.9 Å². The Labute approximate surface area is 151 Å². The first-order chi connectivity index (χ1) is 12.0. The number of hydrogen-bond acceptors (Lipinski definition) is 3. The van der Waals surface area contributed by atoms with Crippen LogP contribution in [0.1, 0.15) is 57.1 Å². The van der Waals surface area contributed by atoms with E-state index in [1.165, 1.54) is 0 Å². The Hall–Kier alpha value is -2.25. The number of carbonyl (C=O) groups excluding carboxylic acids is 2. The van der Waals surface area contributed by atoms with Crippen LogP contribution in [0.4, 0.5) is 23.7 Å². The number of alkyl carbamates (subject to hydrolysis) is 1. The average molecular weight is 374 g/mol. The van der Waals surface area contributed by atoms with E-state index in [1.54, 1.807) is 0 Å². The summed E-state index contributed by atoms with van der Waals surface area (Å²) in [7, 11) is 0. The molecule has 0 bridgehead atoms. The molecule has 1 aromatic carbocycles. The third-order valence-corrected chi connectivity index (χ3v) is 3.63. The summed E-state index contributed by atoms with van der Waals surface area (Å²) >= 11 is 0. The molecule has 2 N–H and O–H groups in total. The predicted molar refractivity (Wildman–Crippen MR) is 93.3 cm³/mol. The topological polar surface area (TPSA) is 67.4 Å². The highest BCUT2D eigenvalue weighted by Gasteiger charge is 2.29. The summed E-state index contributed by atoms with van der Waals surface area (Å²) in [6, 6.07) is 5.83. The molecule has 0 saturated carbocycles. The van der Waals surface area contributed by atoms with Gasteiger partial charge in [0.1, 0.15) is 0 Å². The number of rotatable bonds is 7. The van der Waals surface area contributed by atoms with E-state index in [2.05, 4.69) is 15.4 Å². The summed E-state index contributed by atoms with van der Waals surface area (Å²) in [4.78, 5) is 23.3. The Balaban J connectivity index is 2.62. The standard InChI is InChI=1S/C18H25F3N2O3/c1-11(2)13-6-5-7-14(12(3)4)16(13)23-15(24)8-9-22-17(25)26-10-18(19,20)21/h5-7,11-12H,8-10H2,1-4H3,(H,22,25)(H,23,24). The second-order valence-electron chi connectivity index (χ2n) is 6.54. The van der Waals surface area contributed by atoms with Crippen molar-refractivity contribution in [3.8, 4) is 0 Å². The number of para-hydroxylation sites is 1. The van der Waals surface area contributed by atoms with Gasteiger partial charge in [-0.15, -0.1) is 0 Å². The molecule has 0 aliphatic carbocycles. The Morgan fingerprint density at radius 2 is 1.62 bits per heavy atom. The summed E-state index contributed by atoms with van der Waals surface area (Å²) in [6.07, 6.45) is -5.87. The first kappa shape index (κ1) is 21.8. The number of carbonyl (C=O) groups is 2. The zero-order chi connectivity index (χ0) is 19.9. The summed E-state index contributed by atoms with van der Waals surface area (Å²) < 4.78 is 39.8. The van der Waals surface area contributed by atoms with Gasteiger partial charge in [-0.3, -0.25) is 4.79 Å². The molecular formula is C18H25F3N2O3. The SMILES string of the molecule is CC(C)c1cccc(C(C)C)c1NC(=O)CCNC(=O)OCC(F)(F)F. The zero-order valence-electron chi connectivity index (χ0n) is 15.4. The summed E-state index contributed by atoms with van der Waals surface area (Å²) in [5.74, 6) is 0.0788. The predicted octanol–water partition coefficient (Wildman–Crippen LogP) is 4.55. The van der Waals surface area contributed by atoms with Gasteiger partial charge >= 0.3 is 12.3 Å². The fourth-order valence-electron chi connectivity index (χ4n) is 2.37. The van der Waals surface area contributed by atoms with Gasteiger partial charge in [0.25, 0.3) is 0 Å². The van der Waals surface area contributed by atoms with Crippen LogP contribution in [0.5, 0.6) is 0 Å². The number of hydrogen-bond donors (Lipinski definition) is 2. The highest BCUT2D eigenvalue weighted by atomic mass is 19.4. The average Bonchev–Trinajstić information content (AvgIpc) is 2.52. The number of anilines is 1. The van der Waals surface area contributed by atoms with Gasteiger partial charge in [0.05, 0.1) is 0 Å². The van der Waals surface area contributed by atoms with Crippen LogP contribution >= 0.6 is 0 Å². The van der Waals surface area contributed by atoms with Crippen molar-refractivity contribution in [2.45, 2.75) is 52.1 Å². The van der Waals surface area contributed by atoms with Gasteiger partial charge in [0, 0.05) is 18.7 Å². The van der Waals surface area contributed by atoms with Crippen LogP contribution in [-0.4, -0.2) is 31.3 Å². The number of alkyl halides is 3. The lowest BCUT2D eigenvalue weighted by molar-refractivity contribution is -0.160. The summed E-state index contributed by atoms with van der Waals surface area (Å²) in [5, 5.41) is 4.99. The molecule has 0 fully saturated rings. The smallest absolute Gasteiger partial charge is 0.422 e. The minimum atomic E-state index is -4.58. The fourth-order valence-corrected chi connectivity index (χ4v) is 2.37. The van der Waals surface area contributed by atoms with Gasteiger partial charge in [-0.2, -0.15) is 13.2 Å². The Morgan fingerprint density at radius 3 is 2.08 bits per heavy atom. The van der Waals surface area contributed by atoms with Crippen LogP contribution in [0.3, 0.4) is 0 Å². The molecule has 0 spiro atoms. The number of ether oxygens (including phenoxy) is 1. The highest BCUT2D eigenvalue weighted by molar-refractivity contribution is 5.93. The molecule has 0 heterocycles. The van der Waals surface area contributed by atoms with Gasteiger partial charge in [-0.25, -0.2) is 4.79 Å². The maximum atomic E-state index is 12.2. The van der Waals surface area contributed by atoms with Crippen molar-refractivity contribution in [2.75, 3.05) is 18.5 Å². The molecule has 146 valence electrons. The summed E-state index contributed by atoms with van der Waals surface area (Å²) in [5.41, 5.74) is 2.76. The van der Waals surface area contributed by atoms with Gasteiger partial charge in [-0.1, -0.05) is 45.9 Å². The number of benzene rings is 1. The Kier molecular flexibility index (Phi) is 7.92. The first-order valence-corrected chi connectivity index (χ1v) is 8.41. The van der Waals surface area contributed by atoms with Crippen LogP contribution < -0.4 is 10.6 Å². The number of nitrogens with one attached hydrogen (secondary N) is 2. The largest absolute Gasteiger partial charge is 0.440 e. The molecule has 8 heteroatoms. The molecule has 1 aromatic rings. The first-order valence-electron chi connectivity index (χ1n) is 8.41. The molecular weight excluding hydrogens is 349 g/mol. The zero-order valence-corrected chi connectivity index (χ0v) is 15.4. The van der Waals surface area contributed by atoms with Gasteiger partial charge in [-0.05, 0) is 23.0 Å². The quantitative estimate of drug-likeness (QED) is 0.736. The second-order valence-corrected chi connectivity index (χ2v) is 6.54. The fraction of sp³-hybridized carbons (Fsp3) is 0.556. The molecule has 0 unspecified atom stereocenters. The Morgan fingerprint density at radius 1 is 1.08 bits per heavy atom. The van der Waals surface area contributed by atoms with E-state index < -0.39 is 18.9 Å². The van der Waals surface area contributed by atoms with Crippen molar-refractivity contribution >= 4 is 17.7 Å². The maximum Gasteiger partial charge on any atom is 0.422 e. The van der Waals surface area contributed by atoms with Crippen LogP contribution in [0, 0.1) is 0 Å². The van der Waals surface area contributed by atoms with E-state index in [0.29, 0.717) is 0 Å². The Bertz CT molecular complexity index is 602. The normalized spacial score (nSPS) is 11.6. The number of halogens is 3. The molecule has 0 saturated heterocycles. The molecule has 0 atom stereocenters. The van der Waals surface area contributed by atoms with Gasteiger partial charge < -0.3 is 15.4 Å². The van der Waals surface area contributed by atoms with E-state index in [0.717, 1.165) is 16.8 Å². The summed E-state index contributed by atoms with van der Waals surface area (Å²) in [6.45, 7) is 6.30. The second kappa shape index (κ2) is 9.45. The lowest BCUT2D eigenvalue weighted by atomic mass is 9.92. The minimum absolute atomic E-state index is 0.0783. The molecule has 1 rings (SSSR count).